The Kier molecular flexibility index (Phi) is 5.41. The summed E-state index contributed by atoms with van der Waals surface area (Å²) >= 11 is 7.39. The van der Waals surface area contributed by atoms with Crippen LogP contribution in [0.15, 0.2) is 60.8 Å². The first kappa shape index (κ1) is 18.7. The molecule has 2 aromatic heterocycles. The molecule has 142 valence electrons. The lowest BCUT2D eigenvalue weighted by Crippen LogP contribution is -2.39. The van der Waals surface area contributed by atoms with E-state index in [1.807, 2.05) is 42.5 Å². The smallest absolute Gasteiger partial charge is 0.255 e. The number of pyridine rings is 1. The normalized spacial score (nSPS) is 15.5. The first-order valence-electron chi connectivity index (χ1n) is 8.95. The number of aromatic nitrogens is 1. The van der Waals surface area contributed by atoms with Crippen LogP contribution in [0.3, 0.4) is 0 Å². The Morgan fingerprint density at radius 2 is 1.96 bits per heavy atom. The highest BCUT2D eigenvalue weighted by atomic mass is 35.5. The van der Waals surface area contributed by atoms with Gasteiger partial charge < -0.3 is 10.2 Å². The van der Waals surface area contributed by atoms with Crippen LogP contribution in [-0.2, 0) is 17.8 Å². The summed E-state index contributed by atoms with van der Waals surface area (Å²) in [6, 6.07) is 16.0. The van der Waals surface area contributed by atoms with Crippen LogP contribution >= 0.6 is 22.9 Å². The molecule has 28 heavy (non-hydrogen) atoms. The predicted octanol–water partition coefficient (Wildman–Crippen LogP) is 3.85. The molecule has 7 heteroatoms. The minimum atomic E-state index is -0.636. The number of rotatable bonds is 6. The van der Waals surface area contributed by atoms with E-state index in [1.165, 1.54) is 11.3 Å². The molecule has 1 aliphatic heterocycles. The number of carbonyl (C=O) groups is 2. The summed E-state index contributed by atoms with van der Waals surface area (Å²) in [5.41, 5.74) is 2.22. The summed E-state index contributed by atoms with van der Waals surface area (Å²) in [4.78, 5) is 32.8. The van der Waals surface area contributed by atoms with Crippen LogP contribution in [0.4, 0.5) is 0 Å². The summed E-state index contributed by atoms with van der Waals surface area (Å²) in [5.74, 6) is -0.310. The third kappa shape index (κ3) is 3.79. The van der Waals surface area contributed by atoms with Gasteiger partial charge in [-0.3, -0.25) is 14.6 Å². The molecule has 0 saturated carbocycles. The Labute approximate surface area is 172 Å². The van der Waals surface area contributed by atoms with E-state index in [1.54, 1.807) is 23.2 Å². The van der Waals surface area contributed by atoms with Crippen molar-refractivity contribution in [3.05, 3.63) is 86.8 Å². The fourth-order valence-electron chi connectivity index (χ4n) is 3.38. The van der Waals surface area contributed by atoms with Crippen LogP contribution in [0, 0.1) is 0 Å². The number of benzene rings is 1. The van der Waals surface area contributed by atoms with Crippen molar-refractivity contribution in [3.8, 4) is 0 Å². The summed E-state index contributed by atoms with van der Waals surface area (Å²) in [6.45, 7) is 0.810. The maximum Gasteiger partial charge on any atom is 0.255 e. The Bertz CT molecular complexity index is 1010. The van der Waals surface area contributed by atoms with Crippen molar-refractivity contribution < 1.29 is 9.59 Å². The van der Waals surface area contributed by atoms with Crippen LogP contribution in [0.5, 0.6) is 0 Å². The average molecular weight is 412 g/mol. The fourth-order valence-corrected chi connectivity index (χ4v) is 4.41. The highest BCUT2D eigenvalue weighted by Crippen LogP contribution is 2.34. The summed E-state index contributed by atoms with van der Waals surface area (Å²) in [7, 11) is 0. The van der Waals surface area contributed by atoms with Crippen LogP contribution < -0.4 is 5.32 Å². The minimum Gasteiger partial charge on any atom is -0.349 e. The fraction of sp³-hybridized carbons (Fsp3) is 0.190. The molecule has 0 radical (unpaired) electrons. The molecule has 1 aliphatic rings. The van der Waals surface area contributed by atoms with Crippen LogP contribution in [0.2, 0.25) is 4.34 Å². The number of hydrogen-bond donors (Lipinski definition) is 1. The molecule has 0 fully saturated rings. The van der Waals surface area contributed by atoms with E-state index in [0.29, 0.717) is 29.4 Å². The quantitative estimate of drug-likeness (QED) is 0.670. The molecule has 1 atom stereocenters. The zero-order valence-electron chi connectivity index (χ0n) is 15.0. The molecule has 2 amide bonds. The molecule has 1 unspecified atom stereocenters. The Hall–Kier alpha value is -2.70. The Morgan fingerprint density at radius 3 is 2.71 bits per heavy atom. The monoisotopic (exact) mass is 411 g/mol. The standard InChI is InChI=1S/C21H18ClN3O2S/c22-18-9-8-15(28-18)13-24-20(26)19-16-6-1-2-7-17(16)21(27)25(19)12-10-14-5-3-4-11-23-14/h1-9,11,19H,10,12-13H2,(H,24,26). The number of thiophene rings is 1. The van der Waals surface area contributed by atoms with Gasteiger partial charge in [-0.25, -0.2) is 0 Å². The SMILES string of the molecule is O=C(NCc1ccc(Cl)s1)C1c2ccccc2C(=O)N1CCc1ccccn1. The molecule has 1 N–H and O–H groups in total. The van der Waals surface area contributed by atoms with Gasteiger partial charge in [-0.05, 0) is 35.9 Å². The van der Waals surface area contributed by atoms with E-state index in [9.17, 15) is 9.59 Å². The number of fused-ring (bicyclic) bond motifs is 1. The number of amides is 2. The summed E-state index contributed by atoms with van der Waals surface area (Å²) in [6.07, 6.45) is 2.32. The van der Waals surface area contributed by atoms with Gasteiger partial charge in [0.05, 0.1) is 10.9 Å². The van der Waals surface area contributed by atoms with Crippen molar-refractivity contribution in [2.45, 2.75) is 19.0 Å². The number of nitrogens with zero attached hydrogens (tertiary/aromatic N) is 2. The molecule has 0 bridgehead atoms. The molecule has 3 aromatic rings. The second-order valence-corrected chi connectivity index (χ2v) is 8.28. The van der Waals surface area contributed by atoms with Crippen molar-refractivity contribution in [2.24, 2.45) is 0 Å². The maximum atomic E-state index is 13.0. The van der Waals surface area contributed by atoms with E-state index >= 15 is 0 Å². The van der Waals surface area contributed by atoms with Gasteiger partial charge >= 0.3 is 0 Å². The third-order valence-corrected chi connectivity index (χ3v) is 5.94. The lowest BCUT2D eigenvalue weighted by Gasteiger charge is -2.24. The number of hydrogen-bond acceptors (Lipinski definition) is 4. The molecule has 0 spiro atoms. The van der Waals surface area contributed by atoms with Crippen LogP contribution in [0.25, 0.3) is 0 Å². The molecule has 3 heterocycles. The topological polar surface area (TPSA) is 62.3 Å². The Balaban J connectivity index is 1.53. The predicted molar refractivity (Wildman–Crippen MR) is 109 cm³/mol. The second kappa shape index (κ2) is 8.12. The lowest BCUT2D eigenvalue weighted by atomic mass is 10.0. The van der Waals surface area contributed by atoms with Crippen molar-refractivity contribution in [2.75, 3.05) is 6.54 Å². The number of nitrogens with one attached hydrogen (secondary N) is 1. The maximum absolute atomic E-state index is 13.0. The van der Waals surface area contributed by atoms with E-state index in [-0.39, 0.29) is 11.8 Å². The molecular formula is C21H18ClN3O2S. The van der Waals surface area contributed by atoms with Gasteiger partial charge in [-0.1, -0.05) is 35.9 Å². The number of carbonyl (C=O) groups excluding carboxylic acids is 2. The molecular weight excluding hydrogens is 394 g/mol. The van der Waals surface area contributed by atoms with Crippen molar-refractivity contribution in [3.63, 3.8) is 0 Å². The third-order valence-electron chi connectivity index (χ3n) is 4.71. The van der Waals surface area contributed by atoms with Crippen LogP contribution in [0.1, 0.15) is 32.5 Å². The van der Waals surface area contributed by atoms with Crippen molar-refractivity contribution in [1.82, 2.24) is 15.2 Å². The molecule has 0 saturated heterocycles. The van der Waals surface area contributed by atoms with E-state index < -0.39 is 6.04 Å². The number of halogens is 1. The van der Waals surface area contributed by atoms with E-state index in [0.717, 1.165) is 16.1 Å². The van der Waals surface area contributed by atoms with Gasteiger partial charge in [0, 0.05) is 35.3 Å². The zero-order valence-corrected chi connectivity index (χ0v) is 16.5. The summed E-state index contributed by atoms with van der Waals surface area (Å²) < 4.78 is 0.683. The highest BCUT2D eigenvalue weighted by Gasteiger charge is 2.40. The van der Waals surface area contributed by atoms with Gasteiger partial charge in [-0.2, -0.15) is 0 Å². The molecule has 5 nitrogen and oxygen atoms in total. The second-order valence-electron chi connectivity index (χ2n) is 6.48. The van der Waals surface area contributed by atoms with E-state index in [4.69, 9.17) is 11.6 Å². The molecule has 1 aromatic carbocycles. The first-order valence-corrected chi connectivity index (χ1v) is 10.1. The first-order chi connectivity index (χ1) is 13.6. The van der Waals surface area contributed by atoms with Gasteiger partial charge in [-0.15, -0.1) is 11.3 Å². The lowest BCUT2D eigenvalue weighted by molar-refractivity contribution is -0.125. The zero-order chi connectivity index (χ0) is 19.5. The van der Waals surface area contributed by atoms with Crippen molar-refractivity contribution in [1.29, 1.82) is 0 Å². The van der Waals surface area contributed by atoms with Gasteiger partial charge in [0.2, 0.25) is 5.91 Å². The minimum absolute atomic E-state index is 0.120. The Morgan fingerprint density at radius 1 is 1.14 bits per heavy atom. The average Bonchev–Trinajstić information content (AvgIpc) is 3.26. The summed E-state index contributed by atoms with van der Waals surface area (Å²) in [5, 5.41) is 2.95. The van der Waals surface area contributed by atoms with Gasteiger partial charge in [0.1, 0.15) is 6.04 Å². The molecule has 4 rings (SSSR count). The largest absolute Gasteiger partial charge is 0.349 e. The molecule has 0 aliphatic carbocycles. The van der Waals surface area contributed by atoms with Gasteiger partial charge in [0.15, 0.2) is 0 Å². The van der Waals surface area contributed by atoms with Gasteiger partial charge in [0.25, 0.3) is 5.91 Å². The van der Waals surface area contributed by atoms with Crippen molar-refractivity contribution >= 4 is 34.8 Å². The highest BCUT2D eigenvalue weighted by molar-refractivity contribution is 7.16. The van der Waals surface area contributed by atoms with E-state index in [2.05, 4.69) is 10.3 Å². The van der Waals surface area contributed by atoms with Crippen LogP contribution in [-0.4, -0.2) is 28.2 Å².